The first-order valence-electron chi connectivity index (χ1n) is 3.37. The van der Waals surface area contributed by atoms with Gasteiger partial charge in [0, 0.05) is 0 Å². The van der Waals surface area contributed by atoms with Gasteiger partial charge in [-0.1, -0.05) is 6.08 Å². The fourth-order valence-corrected chi connectivity index (χ4v) is 0.634. The molecular formula is C8H7N3O. The predicted molar refractivity (Wildman–Crippen MR) is 43.0 cm³/mol. The first-order valence-corrected chi connectivity index (χ1v) is 3.37. The van der Waals surface area contributed by atoms with E-state index in [1.165, 1.54) is 12.4 Å². The van der Waals surface area contributed by atoms with Crippen LogP contribution < -0.4 is 0 Å². The normalized spacial score (nSPS) is 9.92. The Morgan fingerprint density at radius 1 is 1.50 bits per heavy atom. The Kier molecular flexibility index (Phi) is 2.79. The average molecular weight is 161 g/mol. The summed E-state index contributed by atoms with van der Waals surface area (Å²) in [6.45, 7) is 0. The van der Waals surface area contributed by atoms with Crippen molar-refractivity contribution < 1.29 is 5.11 Å². The molecule has 0 bridgehead atoms. The number of hydrogen-bond acceptors (Lipinski definition) is 4. The van der Waals surface area contributed by atoms with Gasteiger partial charge in [-0.25, -0.2) is 9.97 Å². The highest BCUT2D eigenvalue weighted by Crippen LogP contribution is 2.02. The van der Waals surface area contributed by atoms with Gasteiger partial charge in [0.05, 0.1) is 24.9 Å². The van der Waals surface area contributed by atoms with Crippen LogP contribution in [0.15, 0.2) is 18.5 Å². The van der Waals surface area contributed by atoms with Crippen LogP contribution in [0.2, 0.25) is 0 Å². The highest BCUT2D eigenvalue weighted by Gasteiger charge is 1.89. The summed E-state index contributed by atoms with van der Waals surface area (Å²) >= 11 is 0. The van der Waals surface area contributed by atoms with Gasteiger partial charge in [0.25, 0.3) is 0 Å². The molecule has 4 heteroatoms. The number of aromatic nitrogens is 2. The zero-order chi connectivity index (χ0) is 8.81. The standard InChI is InChI=1S/C8H7N3O/c9-4-2-1-3-8-10-5-7(12)6-11-8/h1,3,5-6,12H,2H2. The molecule has 0 aliphatic rings. The van der Waals surface area contributed by atoms with Crippen molar-refractivity contribution in [2.45, 2.75) is 6.42 Å². The van der Waals surface area contributed by atoms with Crippen LogP contribution in [0.25, 0.3) is 6.08 Å². The lowest BCUT2D eigenvalue weighted by Gasteiger charge is -1.90. The molecule has 0 spiro atoms. The van der Waals surface area contributed by atoms with Crippen LogP contribution in [-0.4, -0.2) is 15.1 Å². The second-order valence-corrected chi connectivity index (χ2v) is 2.06. The number of allylic oxidation sites excluding steroid dienone is 1. The van der Waals surface area contributed by atoms with E-state index in [9.17, 15) is 0 Å². The lowest BCUT2D eigenvalue weighted by molar-refractivity contribution is 0.469. The second kappa shape index (κ2) is 4.09. The first-order chi connectivity index (χ1) is 5.83. The number of rotatable bonds is 2. The van der Waals surface area contributed by atoms with Gasteiger partial charge in [-0.3, -0.25) is 0 Å². The van der Waals surface area contributed by atoms with Crippen molar-refractivity contribution in [3.8, 4) is 11.8 Å². The SMILES string of the molecule is N#CCC=Cc1ncc(O)cn1. The Morgan fingerprint density at radius 3 is 2.75 bits per heavy atom. The van der Waals surface area contributed by atoms with Crippen LogP contribution in [0.3, 0.4) is 0 Å². The topological polar surface area (TPSA) is 69.8 Å². The summed E-state index contributed by atoms with van der Waals surface area (Å²) < 4.78 is 0. The van der Waals surface area contributed by atoms with Crippen LogP contribution in [-0.2, 0) is 0 Å². The molecule has 12 heavy (non-hydrogen) atoms. The molecule has 4 nitrogen and oxygen atoms in total. The predicted octanol–water partition coefficient (Wildman–Crippen LogP) is 1.11. The van der Waals surface area contributed by atoms with Crippen molar-refractivity contribution in [3.05, 3.63) is 24.3 Å². The van der Waals surface area contributed by atoms with Gasteiger partial charge in [-0.05, 0) is 6.08 Å². The van der Waals surface area contributed by atoms with E-state index in [0.717, 1.165) is 0 Å². The number of nitriles is 1. The Hall–Kier alpha value is -1.89. The van der Waals surface area contributed by atoms with Gasteiger partial charge in [0.1, 0.15) is 0 Å². The van der Waals surface area contributed by atoms with E-state index >= 15 is 0 Å². The molecule has 0 atom stereocenters. The van der Waals surface area contributed by atoms with Crippen molar-refractivity contribution in [3.63, 3.8) is 0 Å². The lowest BCUT2D eigenvalue weighted by atomic mass is 10.4. The van der Waals surface area contributed by atoms with Gasteiger partial charge >= 0.3 is 0 Å². The summed E-state index contributed by atoms with van der Waals surface area (Å²) in [4.78, 5) is 7.59. The molecule has 0 saturated heterocycles. The summed E-state index contributed by atoms with van der Waals surface area (Å²) in [5, 5.41) is 17.0. The van der Waals surface area contributed by atoms with Crippen molar-refractivity contribution in [1.82, 2.24) is 9.97 Å². The average Bonchev–Trinajstić information content (AvgIpc) is 2.09. The van der Waals surface area contributed by atoms with Crippen molar-refractivity contribution in [2.75, 3.05) is 0 Å². The molecule has 0 aromatic carbocycles. The maximum absolute atomic E-state index is 8.83. The Bertz CT molecular complexity index is 310. The number of aromatic hydroxyl groups is 1. The van der Waals surface area contributed by atoms with Crippen LogP contribution in [0, 0.1) is 11.3 Å². The fourth-order valence-electron chi connectivity index (χ4n) is 0.634. The van der Waals surface area contributed by atoms with Crippen LogP contribution in [0.5, 0.6) is 5.75 Å². The minimum Gasteiger partial charge on any atom is -0.505 e. The van der Waals surface area contributed by atoms with Crippen molar-refractivity contribution in [2.24, 2.45) is 0 Å². The van der Waals surface area contributed by atoms with E-state index in [4.69, 9.17) is 10.4 Å². The summed E-state index contributed by atoms with van der Waals surface area (Å²) in [7, 11) is 0. The Labute approximate surface area is 69.8 Å². The lowest BCUT2D eigenvalue weighted by Crippen LogP contribution is -1.83. The molecule has 1 rings (SSSR count). The van der Waals surface area contributed by atoms with Crippen LogP contribution >= 0.6 is 0 Å². The smallest absolute Gasteiger partial charge is 0.152 e. The zero-order valence-electron chi connectivity index (χ0n) is 6.31. The van der Waals surface area contributed by atoms with Crippen LogP contribution in [0.4, 0.5) is 0 Å². The van der Waals surface area contributed by atoms with E-state index < -0.39 is 0 Å². The van der Waals surface area contributed by atoms with Gasteiger partial charge in [-0.2, -0.15) is 5.26 Å². The molecule has 60 valence electrons. The quantitative estimate of drug-likeness (QED) is 0.705. The van der Waals surface area contributed by atoms with E-state index in [1.807, 2.05) is 6.07 Å². The van der Waals surface area contributed by atoms with E-state index in [-0.39, 0.29) is 5.75 Å². The molecule has 0 aliphatic carbocycles. The molecule has 1 heterocycles. The molecule has 0 amide bonds. The van der Waals surface area contributed by atoms with Gasteiger partial charge in [0.2, 0.25) is 0 Å². The third-order valence-corrected chi connectivity index (χ3v) is 1.13. The van der Waals surface area contributed by atoms with E-state index in [0.29, 0.717) is 12.2 Å². The highest BCUT2D eigenvalue weighted by molar-refractivity contribution is 5.40. The van der Waals surface area contributed by atoms with Crippen LogP contribution in [0.1, 0.15) is 12.2 Å². The second-order valence-electron chi connectivity index (χ2n) is 2.06. The third-order valence-electron chi connectivity index (χ3n) is 1.13. The Morgan fingerprint density at radius 2 is 2.17 bits per heavy atom. The largest absolute Gasteiger partial charge is 0.505 e. The van der Waals surface area contributed by atoms with E-state index in [2.05, 4.69) is 9.97 Å². The molecular weight excluding hydrogens is 154 g/mol. The molecule has 1 N–H and O–H groups in total. The number of nitrogens with zero attached hydrogens (tertiary/aromatic N) is 3. The highest BCUT2D eigenvalue weighted by atomic mass is 16.3. The minimum absolute atomic E-state index is 0.0347. The Balaban J connectivity index is 2.66. The summed E-state index contributed by atoms with van der Waals surface area (Å²) in [5.74, 6) is 0.524. The maximum Gasteiger partial charge on any atom is 0.152 e. The molecule has 0 unspecified atom stereocenters. The molecule has 0 fully saturated rings. The zero-order valence-corrected chi connectivity index (χ0v) is 6.31. The summed E-state index contributed by atoms with van der Waals surface area (Å²) in [5.41, 5.74) is 0. The van der Waals surface area contributed by atoms with E-state index in [1.54, 1.807) is 12.2 Å². The first kappa shape index (κ1) is 8.21. The van der Waals surface area contributed by atoms with Gasteiger partial charge in [0.15, 0.2) is 11.6 Å². The van der Waals surface area contributed by atoms with Gasteiger partial charge < -0.3 is 5.11 Å². The monoisotopic (exact) mass is 161 g/mol. The number of hydrogen-bond donors (Lipinski definition) is 1. The fraction of sp³-hybridized carbons (Fsp3) is 0.125. The minimum atomic E-state index is 0.0347. The maximum atomic E-state index is 8.83. The summed E-state index contributed by atoms with van der Waals surface area (Å²) in [6.07, 6.45) is 6.23. The van der Waals surface area contributed by atoms with Crippen molar-refractivity contribution >= 4 is 6.08 Å². The third kappa shape index (κ3) is 2.39. The molecule has 1 aromatic heterocycles. The molecule has 0 aliphatic heterocycles. The van der Waals surface area contributed by atoms with Gasteiger partial charge in [-0.15, -0.1) is 0 Å². The summed E-state index contributed by atoms with van der Waals surface area (Å²) in [6, 6.07) is 1.96. The molecule has 0 saturated carbocycles. The van der Waals surface area contributed by atoms with Crippen molar-refractivity contribution in [1.29, 1.82) is 5.26 Å². The molecule has 1 aromatic rings. The molecule has 0 radical (unpaired) electrons.